The van der Waals surface area contributed by atoms with Crippen molar-refractivity contribution < 1.29 is 14.3 Å². The molecule has 1 aliphatic heterocycles. The summed E-state index contributed by atoms with van der Waals surface area (Å²) in [6.45, 7) is 3.50. The Morgan fingerprint density at radius 3 is 2.85 bits per heavy atom. The molecule has 0 aliphatic carbocycles. The number of hydrogen-bond acceptors (Lipinski definition) is 5. The second-order valence-electron chi connectivity index (χ2n) is 6.09. The molecule has 1 heterocycles. The van der Waals surface area contributed by atoms with Crippen LogP contribution in [-0.4, -0.2) is 69.4 Å². The Balaban J connectivity index is 0.00000338. The summed E-state index contributed by atoms with van der Waals surface area (Å²) in [4.78, 5) is 27.5. The lowest BCUT2D eigenvalue weighted by Gasteiger charge is -2.18. The molecule has 1 atom stereocenters. The lowest BCUT2D eigenvalue weighted by molar-refractivity contribution is -0.118. The van der Waals surface area contributed by atoms with E-state index in [4.69, 9.17) is 4.74 Å². The predicted molar refractivity (Wildman–Crippen MR) is 107 cm³/mol. The van der Waals surface area contributed by atoms with Gasteiger partial charge in [-0.3, -0.25) is 9.59 Å². The Morgan fingerprint density at radius 2 is 2.12 bits per heavy atom. The van der Waals surface area contributed by atoms with Crippen molar-refractivity contribution in [2.75, 3.05) is 52.7 Å². The summed E-state index contributed by atoms with van der Waals surface area (Å²) in [5, 5.41) is 5.97. The first kappa shape index (κ1) is 22.8. The fraction of sp³-hybridized carbons (Fsp3) is 0.556. The van der Waals surface area contributed by atoms with Crippen LogP contribution >= 0.6 is 24.2 Å². The topological polar surface area (TPSA) is 70.7 Å². The summed E-state index contributed by atoms with van der Waals surface area (Å²) in [6.07, 6.45) is 1.03. The van der Waals surface area contributed by atoms with Gasteiger partial charge in [-0.2, -0.15) is 0 Å². The molecule has 2 N–H and O–H groups in total. The van der Waals surface area contributed by atoms with Gasteiger partial charge in [0.25, 0.3) is 5.91 Å². The van der Waals surface area contributed by atoms with Gasteiger partial charge < -0.3 is 20.3 Å². The van der Waals surface area contributed by atoms with Crippen LogP contribution in [0, 0.1) is 5.92 Å². The molecule has 1 saturated heterocycles. The molecule has 2 amide bonds. The number of halogens is 1. The monoisotopic (exact) mass is 401 g/mol. The number of carbonyl (C=O) groups is 2. The van der Waals surface area contributed by atoms with E-state index in [0.717, 1.165) is 31.0 Å². The molecule has 0 bridgehead atoms. The molecule has 0 radical (unpaired) electrons. The SMILES string of the molecule is CNCC1CCN(C(=O)c2ccccc2SCC(=O)NCCOC)C1.Cl. The number of amides is 2. The van der Waals surface area contributed by atoms with Crippen molar-refractivity contribution in [1.82, 2.24) is 15.5 Å². The van der Waals surface area contributed by atoms with E-state index >= 15 is 0 Å². The van der Waals surface area contributed by atoms with Crippen LogP contribution in [0.25, 0.3) is 0 Å². The van der Waals surface area contributed by atoms with Gasteiger partial charge in [-0.25, -0.2) is 0 Å². The molecule has 1 aromatic rings. The minimum atomic E-state index is -0.0560. The molecular weight excluding hydrogens is 374 g/mol. The van der Waals surface area contributed by atoms with E-state index in [0.29, 0.717) is 24.6 Å². The molecule has 8 heteroatoms. The first-order valence-corrected chi connectivity index (χ1v) is 9.55. The molecule has 1 aliphatic rings. The van der Waals surface area contributed by atoms with Crippen LogP contribution in [0.15, 0.2) is 29.2 Å². The summed E-state index contributed by atoms with van der Waals surface area (Å²) in [5.41, 5.74) is 0.683. The van der Waals surface area contributed by atoms with Gasteiger partial charge in [-0.05, 0) is 38.1 Å². The highest BCUT2D eigenvalue weighted by Gasteiger charge is 2.27. The summed E-state index contributed by atoms with van der Waals surface area (Å²) in [5.74, 6) is 0.803. The van der Waals surface area contributed by atoms with Gasteiger partial charge in [0, 0.05) is 31.6 Å². The highest BCUT2D eigenvalue weighted by Crippen LogP contribution is 2.26. The number of carbonyl (C=O) groups excluding carboxylic acids is 2. The summed E-state index contributed by atoms with van der Waals surface area (Å²) < 4.78 is 4.91. The Labute approximate surface area is 165 Å². The molecule has 1 unspecified atom stereocenters. The van der Waals surface area contributed by atoms with Gasteiger partial charge in [-0.1, -0.05) is 12.1 Å². The van der Waals surface area contributed by atoms with E-state index < -0.39 is 0 Å². The quantitative estimate of drug-likeness (QED) is 0.486. The van der Waals surface area contributed by atoms with E-state index in [9.17, 15) is 9.59 Å². The van der Waals surface area contributed by atoms with Gasteiger partial charge in [0.15, 0.2) is 0 Å². The number of nitrogens with one attached hydrogen (secondary N) is 2. The Bertz CT molecular complexity index is 589. The highest BCUT2D eigenvalue weighted by atomic mass is 35.5. The predicted octanol–water partition coefficient (Wildman–Crippen LogP) is 1.64. The van der Waals surface area contributed by atoms with E-state index in [1.165, 1.54) is 11.8 Å². The fourth-order valence-electron chi connectivity index (χ4n) is 2.90. The summed E-state index contributed by atoms with van der Waals surface area (Å²) in [7, 11) is 3.54. The van der Waals surface area contributed by atoms with Crippen LogP contribution in [0.3, 0.4) is 0 Å². The number of hydrogen-bond donors (Lipinski definition) is 2. The Morgan fingerprint density at radius 1 is 1.35 bits per heavy atom. The second kappa shape index (κ2) is 12.2. The van der Waals surface area contributed by atoms with Crippen molar-refractivity contribution in [3.8, 4) is 0 Å². The number of nitrogens with zero attached hydrogens (tertiary/aromatic N) is 1. The van der Waals surface area contributed by atoms with Crippen molar-refractivity contribution in [2.24, 2.45) is 5.92 Å². The number of methoxy groups -OCH3 is 1. The first-order chi connectivity index (χ1) is 12.2. The summed E-state index contributed by atoms with van der Waals surface area (Å²) in [6, 6.07) is 7.52. The molecular formula is C18H28ClN3O3S. The molecule has 146 valence electrons. The maximum Gasteiger partial charge on any atom is 0.254 e. The van der Waals surface area contributed by atoms with Crippen LogP contribution < -0.4 is 10.6 Å². The lowest BCUT2D eigenvalue weighted by Crippen LogP contribution is -2.31. The van der Waals surface area contributed by atoms with Crippen LogP contribution in [-0.2, 0) is 9.53 Å². The fourth-order valence-corrected chi connectivity index (χ4v) is 3.77. The number of ether oxygens (including phenoxy) is 1. The van der Waals surface area contributed by atoms with Gasteiger partial charge >= 0.3 is 0 Å². The zero-order valence-electron chi connectivity index (χ0n) is 15.3. The molecule has 1 fully saturated rings. The number of likely N-dealkylation sites (tertiary alicyclic amines) is 1. The molecule has 6 nitrogen and oxygen atoms in total. The zero-order chi connectivity index (χ0) is 18.1. The third kappa shape index (κ3) is 6.79. The average Bonchev–Trinajstić information content (AvgIpc) is 3.09. The minimum Gasteiger partial charge on any atom is -0.383 e. The van der Waals surface area contributed by atoms with Crippen LogP contribution in [0.2, 0.25) is 0 Å². The third-order valence-corrected chi connectivity index (χ3v) is 5.24. The van der Waals surface area contributed by atoms with Crippen molar-refractivity contribution in [1.29, 1.82) is 0 Å². The van der Waals surface area contributed by atoms with Crippen molar-refractivity contribution in [2.45, 2.75) is 11.3 Å². The Kier molecular flexibility index (Phi) is 10.7. The molecule has 26 heavy (non-hydrogen) atoms. The normalized spacial score (nSPS) is 16.2. The molecule has 1 aromatic carbocycles. The molecule has 0 saturated carbocycles. The third-order valence-electron chi connectivity index (χ3n) is 4.17. The van der Waals surface area contributed by atoms with Crippen LogP contribution in [0.1, 0.15) is 16.8 Å². The van der Waals surface area contributed by atoms with E-state index in [1.54, 1.807) is 7.11 Å². The smallest absolute Gasteiger partial charge is 0.254 e. The first-order valence-electron chi connectivity index (χ1n) is 8.57. The van der Waals surface area contributed by atoms with Crippen molar-refractivity contribution in [3.05, 3.63) is 29.8 Å². The number of rotatable bonds is 9. The second-order valence-corrected chi connectivity index (χ2v) is 7.11. The van der Waals surface area contributed by atoms with Crippen molar-refractivity contribution in [3.63, 3.8) is 0 Å². The highest BCUT2D eigenvalue weighted by molar-refractivity contribution is 8.00. The number of thioether (sulfide) groups is 1. The summed E-state index contributed by atoms with van der Waals surface area (Å²) >= 11 is 1.40. The molecule has 0 spiro atoms. The van der Waals surface area contributed by atoms with Gasteiger partial charge in [-0.15, -0.1) is 24.2 Å². The van der Waals surface area contributed by atoms with Gasteiger partial charge in [0.1, 0.15) is 0 Å². The molecule has 0 aromatic heterocycles. The minimum absolute atomic E-state index is 0. The van der Waals surface area contributed by atoms with Gasteiger partial charge in [0.2, 0.25) is 5.91 Å². The zero-order valence-corrected chi connectivity index (χ0v) is 17.0. The van der Waals surface area contributed by atoms with Gasteiger partial charge in [0.05, 0.1) is 17.9 Å². The van der Waals surface area contributed by atoms with Crippen LogP contribution in [0.4, 0.5) is 0 Å². The Hall–Kier alpha value is -1.28. The molecule has 2 rings (SSSR count). The maximum atomic E-state index is 12.8. The standard InChI is InChI=1S/C18H27N3O3S.ClH/c1-19-11-14-7-9-21(12-14)18(23)15-5-3-4-6-16(15)25-13-17(22)20-8-10-24-2;/h3-6,14,19H,7-13H2,1-2H3,(H,20,22);1H. The van der Waals surface area contributed by atoms with Crippen LogP contribution in [0.5, 0.6) is 0 Å². The van der Waals surface area contributed by atoms with E-state index in [1.807, 2.05) is 36.2 Å². The lowest BCUT2D eigenvalue weighted by atomic mass is 10.1. The van der Waals surface area contributed by atoms with Crippen molar-refractivity contribution >= 4 is 36.0 Å². The largest absolute Gasteiger partial charge is 0.383 e. The maximum absolute atomic E-state index is 12.8. The average molecular weight is 402 g/mol. The van der Waals surface area contributed by atoms with E-state index in [-0.39, 0.29) is 30.0 Å². The number of benzene rings is 1. The van der Waals surface area contributed by atoms with E-state index in [2.05, 4.69) is 10.6 Å².